The van der Waals surface area contributed by atoms with Gasteiger partial charge >= 0.3 is 27.3 Å². The molecule has 0 heterocycles. The van der Waals surface area contributed by atoms with Gasteiger partial charge in [0.1, 0.15) is 5.75 Å². The molecule has 126 valence electrons. The number of rotatable bonds is 6. The molecule has 23 heavy (non-hydrogen) atoms. The summed E-state index contributed by atoms with van der Waals surface area (Å²) in [6, 6.07) is 4.65. The second-order valence-electron chi connectivity index (χ2n) is 4.38. The van der Waals surface area contributed by atoms with Gasteiger partial charge in [0.2, 0.25) is 0 Å². The zero-order chi connectivity index (χ0) is 17.8. The topological polar surface area (TPSA) is 107 Å². The summed E-state index contributed by atoms with van der Waals surface area (Å²) >= 11 is 0. The Morgan fingerprint density at radius 1 is 1.26 bits per heavy atom. The van der Waals surface area contributed by atoms with Crippen molar-refractivity contribution in [2.45, 2.75) is 12.2 Å². The van der Waals surface area contributed by atoms with E-state index in [1.807, 2.05) is 0 Å². The maximum atomic E-state index is 12.9. The summed E-state index contributed by atoms with van der Waals surface area (Å²) in [7, 11) is -5.68. The highest BCUT2D eigenvalue weighted by Gasteiger charge is 2.45. The van der Waals surface area contributed by atoms with Crippen LogP contribution in [-0.2, 0) is 19.6 Å². The van der Waals surface area contributed by atoms with Crippen molar-refractivity contribution >= 4 is 22.1 Å². The lowest BCUT2D eigenvalue weighted by molar-refractivity contribution is -0.130. The van der Waals surface area contributed by atoms with E-state index in [9.17, 15) is 26.8 Å². The van der Waals surface area contributed by atoms with Crippen LogP contribution >= 0.6 is 0 Å². The lowest BCUT2D eigenvalue weighted by Crippen LogP contribution is -2.34. The number of hydrogen-bond donors (Lipinski definition) is 1. The molecule has 0 spiro atoms. The highest BCUT2D eigenvalue weighted by atomic mass is 32.2. The fourth-order valence-corrected chi connectivity index (χ4v) is 1.37. The third kappa shape index (κ3) is 5.11. The lowest BCUT2D eigenvalue weighted by atomic mass is 10.2. The predicted molar refractivity (Wildman–Crippen MR) is 73.7 cm³/mol. The van der Waals surface area contributed by atoms with Crippen LogP contribution in [0.15, 0.2) is 36.4 Å². The first kappa shape index (κ1) is 18.7. The summed E-state index contributed by atoms with van der Waals surface area (Å²) in [4.78, 5) is 22.8. The molecule has 7 nitrogen and oxygen atoms in total. The molecule has 0 amide bonds. The minimum atomic E-state index is -5.68. The van der Waals surface area contributed by atoms with E-state index in [1.54, 1.807) is 0 Å². The Balaban J connectivity index is 2.72. The van der Waals surface area contributed by atoms with Crippen LogP contribution in [0.25, 0.3) is 0 Å². The Labute approximate surface area is 130 Å². The summed E-state index contributed by atoms with van der Waals surface area (Å²) in [5.41, 5.74) is -0.0350. The summed E-state index contributed by atoms with van der Waals surface area (Å²) < 4.78 is 63.8. The van der Waals surface area contributed by atoms with Crippen LogP contribution in [0.3, 0.4) is 0 Å². The van der Waals surface area contributed by atoms with E-state index in [1.165, 1.54) is 19.1 Å². The molecule has 0 atom stereocenters. The Morgan fingerprint density at radius 3 is 2.22 bits per heavy atom. The van der Waals surface area contributed by atoms with E-state index in [4.69, 9.17) is 9.29 Å². The van der Waals surface area contributed by atoms with Gasteiger partial charge in [-0.15, -0.1) is 0 Å². The Kier molecular flexibility index (Phi) is 5.56. The minimum absolute atomic E-state index is 0.0813. The van der Waals surface area contributed by atoms with E-state index in [-0.39, 0.29) is 16.9 Å². The van der Waals surface area contributed by atoms with Crippen molar-refractivity contribution in [1.82, 2.24) is 0 Å². The van der Waals surface area contributed by atoms with Gasteiger partial charge in [-0.3, -0.25) is 4.55 Å². The number of carbonyl (C=O) groups excluding carboxylic acids is 2. The SMILES string of the molecule is C=C(C)C(=O)Oc1ccc(C(=O)OCC(F)(F)S(=O)(=O)O)cc1. The molecule has 10 heteroatoms. The summed E-state index contributed by atoms with van der Waals surface area (Å²) in [5.74, 6) is -1.85. The van der Waals surface area contributed by atoms with E-state index < -0.39 is 33.9 Å². The van der Waals surface area contributed by atoms with E-state index in [0.717, 1.165) is 12.1 Å². The van der Waals surface area contributed by atoms with Crippen molar-refractivity contribution in [1.29, 1.82) is 0 Å². The standard InChI is InChI=1S/C13H12F2O7S/c1-8(2)11(16)22-10-5-3-9(4-6-10)12(17)21-7-13(14,15)23(18,19)20/h3-6H,1,7H2,2H3,(H,18,19,20). The molecule has 1 N–H and O–H groups in total. The lowest BCUT2D eigenvalue weighted by Gasteiger charge is -2.13. The molecule has 0 aromatic heterocycles. The smallest absolute Gasteiger partial charge is 0.402 e. The van der Waals surface area contributed by atoms with Crippen LogP contribution in [0.5, 0.6) is 5.75 Å². The monoisotopic (exact) mass is 350 g/mol. The van der Waals surface area contributed by atoms with Crippen LogP contribution in [0.2, 0.25) is 0 Å². The second kappa shape index (κ2) is 6.84. The Bertz CT molecular complexity index is 723. The second-order valence-corrected chi connectivity index (χ2v) is 5.93. The van der Waals surface area contributed by atoms with Gasteiger partial charge in [-0.2, -0.15) is 17.2 Å². The molecule has 0 saturated heterocycles. The fraction of sp³-hybridized carbons (Fsp3) is 0.231. The average molecular weight is 350 g/mol. The van der Waals surface area contributed by atoms with Gasteiger partial charge in [-0.05, 0) is 31.2 Å². The number of hydrogen-bond acceptors (Lipinski definition) is 6. The minimum Gasteiger partial charge on any atom is -0.454 e. The molecule has 1 aromatic carbocycles. The molecular formula is C13H12F2O7S. The average Bonchev–Trinajstić information content (AvgIpc) is 2.44. The molecule has 1 aromatic rings. The molecule has 1 rings (SSSR count). The maximum Gasteiger partial charge on any atom is 0.402 e. The van der Waals surface area contributed by atoms with Crippen molar-refractivity contribution in [3.05, 3.63) is 42.0 Å². The zero-order valence-electron chi connectivity index (χ0n) is 11.8. The highest BCUT2D eigenvalue weighted by molar-refractivity contribution is 7.86. The van der Waals surface area contributed by atoms with E-state index >= 15 is 0 Å². The van der Waals surface area contributed by atoms with Crippen molar-refractivity contribution in [3.8, 4) is 5.75 Å². The van der Waals surface area contributed by atoms with Crippen LogP contribution in [0.1, 0.15) is 17.3 Å². The van der Waals surface area contributed by atoms with Crippen molar-refractivity contribution in [2.75, 3.05) is 6.61 Å². The first-order chi connectivity index (χ1) is 10.4. The quantitative estimate of drug-likeness (QED) is 0.361. The van der Waals surface area contributed by atoms with Gasteiger partial charge in [0, 0.05) is 5.57 Å². The predicted octanol–water partition coefficient (Wildman–Crippen LogP) is 1.81. The van der Waals surface area contributed by atoms with Gasteiger partial charge in [-0.25, -0.2) is 9.59 Å². The summed E-state index contributed by atoms with van der Waals surface area (Å²) in [6.07, 6.45) is 0. The van der Waals surface area contributed by atoms with Crippen LogP contribution in [0, 0.1) is 0 Å². The molecule has 0 fully saturated rings. The van der Waals surface area contributed by atoms with Gasteiger partial charge < -0.3 is 9.47 Å². The van der Waals surface area contributed by atoms with Gasteiger partial charge in [0.05, 0.1) is 5.56 Å². The highest BCUT2D eigenvalue weighted by Crippen LogP contribution is 2.21. The summed E-state index contributed by atoms with van der Waals surface area (Å²) in [5, 5.41) is -4.61. The number of alkyl halides is 2. The number of halogens is 2. The largest absolute Gasteiger partial charge is 0.454 e. The molecule has 0 saturated carbocycles. The van der Waals surface area contributed by atoms with Crippen molar-refractivity contribution in [2.24, 2.45) is 0 Å². The number of ether oxygens (including phenoxy) is 2. The Hall–Kier alpha value is -2.33. The number of benzene rings is 1. The normalized spacial score (nSPS) is 11.7. The molecule has 0 unspecified atom stereocenters. The molecule has 0 aliphatic carbocycles. The van der Waals surface area contributed by atoms with Crippen molar-refractivity contribution in [3.63, 3.8) is 0 Å². The first-order valence-corrected chi connectivity index (χ1v) is 7.38. The molecule has 0 aliphatic heterocycles. The molecule has 0 bridgehead atoms. The van der Waals surface area contributed by atoms with Crippen molar-refractivity contribution < 1.29 is 40.8 Å². The van der Waals surface area contributed by atoms with E-state index in [0.29, 0.717) is 0 Å². The third-order valence-electron chi connectivity index (χ3n) is 2.40. The van der Waals surface area contributed by atoms with Gasteiger partial charge in [-0.1, -0.05) is 6.58 Å². The van der Waals surface area contributed by atoms with Gasteiger partial charge in [0.25, 0.3) is 0 Å². The fourth-order valence-electron chi connectivity index (χ4n) is 1.16. The number of esters is 2. The maximum absolute atomic E-state index is 12.9. The first-order valence-electron chi connectivity index (χ1n) is 5.94. The third-order valence-corrected chi connectivity index (χ3v) is 3.27. The number of carbonyl (C=O) groups is 2. The molecular weight excluding hydrogens is 338 g/mol. The molecule has 0 aliphatic rings. The van der Waals surface area contributed by atoms with Crippen LogP contribution in [-0.4, -0.2) is 36.8 Å². The zero-order valence-corrected chi connectivity index (χ0v) is 12.6. The van der Waals surface area contributed by atoms with Crippen LogP contribution in [0.4, 0.5) is 8.78 Å². The molecule has 0 radical (unpaired) electrons. The Morgan fingerprint density at radius 2 is 1.78 bits per heavy atom. The van der Waals surface area contributed by atoms with Gasteiger partial charge in [0.15, 0.2) is 6.61 Å². The van der Waals surface area contributed by atoms with Crippen LogP contribution < -0.4 is 4.74 Å². The van der Waals surface area contributed by atoms with E-state index in [2.05, 4.69) is 11.3 Å². The summed E-state index contributed by atoms with van der Waals surface area (Å²) in [6.45, 7) is 2.97.